The molecule has 27 heavy (non-hydrogen) atoms. The van der Waals surface area contributed by atoms with Crippen molar-refractivity contribution in [1.29, 1.82) is 5.26 Å². The molecule has 6 heteroatoms. The van der Waals surface area contributed by atoms with Gasteiger partial charge in [0.1, 0.15) is 17.1 Å². The Labute approximate surface area is 167 Å². The van der Waals surface area contributed by atoms with Crippen LogP contribution in [0, 0.1) is 18.3 Å². The predicted molar refractivity (Wildman–Crippen MR) is 110 cm³/mol. The van der Waals surface area contributed by atoms with Gasteiger partial charge in [-0.15, -0.1) is 0 Å². The number of rotatable bonds is 4. The Morgan fingerprint density at radius 1 is 1.26 bits per heavy atom. The number of nitrogens with zero attached hydrogens (tertiary/aromatic N) is 2. The Morgan fingerprint density at radius 3 is 2.48 bits per heavy atom. The third-order valence-electron chi connectivity index (χ3n) is 4.33. The van der Waals surface area contributed by atoms with Crippen LogP contribution in [0.2, 0.25) is 5.02 Å². The minimum atomic E-state index is -0.710. The Kier molecular flexibility index (Phi) is 5.59. The number of Topliss-reactive ketones (excluding diaryl/α,β-unsaturated/α-hetero) is 1. The predicted octanol–water partition coefficient (Wildman–Crippen LogP) is 4.61. The molecule has 0 amide bonds. The van der Waals surface area contributed by atoms with Crippen molar-refractivity contribution in [3.05, 3.63) is 93.2 Å². The molecule has 4 nitrogen and oxygen atoms in total. The van der Waals surface area contributed by atoms with E-state index < -0.39 is 5.25 Å². The van der Waals surface area contributed by atoms with Crippen LogP contribution in [0.5, 0.6) is 0 Å². The van der Waals surface area contributed by atoms with Gasteiger partial charge in [-0.1, -0.05) is 59.8 Å². The number of hydrogen-bond donors (Lipinski definition) is 1. The van der Waals surface area contributed by atoms with Crippen molar-refractivity contribution in [3.8, 4) is 6.07 Å². The molecule has 2 aromatic carbocycles. The van der Waals surface area contributed by atoms with Gasteiger partial charge in [-0.3, -0.25) is 4.79 Å². The number of nitriles is 1. The quantitative estimate of drug-likeness (QED) is 0.765. The maximum absolute atomic E-state index is 12.9. The second-order valence-corrected chi connectivity index (χ2v) is 7.86. The van der Waals surface area contributed by atoms with Crippen molar-refractivity contribution in [2.24, 2.45) is 5.73 Å². The number of carbonyl (C=O) groups excluding carboxylic acids is 1. The van der Waals surface area contributed by atoms with E-state index in [-0.39, 0.29) is 17.2 Å². The second-order valence-electron chi connectivity index (χ2n) is 6.25. The van der Waals surface area contributed by atoms with E-state index in [1.807, 2.05) is 31.2 Å². The minimum Gasteiger partial charge on any atom is -0.384 e. The van der Waals surface area contributed by atoms with Crippen LogP contribution in [-0.2, 0) is 6.54 Å². The molecule has 1 heterocycles. The summed E-state index contributed by atoms with van der Waals surface area (Å²) in [5, 5.41) is 10.1. The van der Waals surface area contributed by atoms with Crippen LogP contribution in [0.3, 0.4) is 0 Å². The minimum absolute atomic E-state index is 0.188. The molecule has 0 saturated heterocycles. The summed E-state index contributed by atoms with van der Waals surface area (Å²) in [6, 6.07) is 16.8. The van der Waals surface area contributed by atoms with Crippen LogP contribution in [-0.4, -0.2) is 15.9 Å². The van der Waals surface area contributed by atoms with Crippen LogP contribution in [0.15, 0.2) is 71.5 Å². The van der Waals surface area contributed by atoms with Crippen LogP contribution >= 0.6 is 23.4 Å². The van der Waals surface area contributed by atoms with Crippen molar-refractivity contribution < 1.29 is 4.79 Å². The van der Waals surface area contributed by atoms with Gasteiger partial charge < -0.3 is 10.6 Å². The smallest absolute Gasteiger partial charge is 0.181 e. The first-order valence-electron chi connectivity index (χ1n) is 8.29. The number of benzene rings is 2. The zero-order chi connectivity index (χ0) is 19.6. The van der Waals surface area contributed by atoms with Crippen molar-refractivity contribution in [3.63, 3.8) is 0 Å². The van der Waals surface area contributed by atoms with Gasteiger partial charge in [0.2, 0.25) is 0 Å². The number of hydrogen-bond acceptors (Lipinski definition) is 5. The average Bonchev–Trinajstić information content (AvgIpc) is 2.66. The van der Waals surface area contributed by atoms with E-state index in [1.54, 1.807) is 29.2 Å². The SMILES string of the molecule is C=C1SC(C(=O)c2ccc(Cl)cc2)C(C#N)=C(N)N1Cc1ccc(C)cc1. The first-order valence-corrected chi connectivity index (χ1v) is 9.54. The number of halogens is 1. The van der Waals surface area contributed by atoms with E-state index in [0.29, 0.717) is 22.2 Å². The molecule has 0 aliphatic carbocycles. The van der Waals surface area contributed by atoms with Crippen molar-refractivity contribution >= 4 is 29.1 Å². The molecule has 0 saturated carbocycles. The monoisotopic (exact) mass is 395 g/mol. The van der Waals surface area contributed by atoms with Crippen molar-refractivity contribution in [1.82, 2.24) is 4.90 Å². The third-order valence-corrected chi connectivity index (χ3v) is 5.76. The third kappa shape index (κ3) is 4.02. The molecule has 1 unspecified atom stereocenters. The largest absolute Gasteiger partial charge is 0.384 e. The van der Waals surface area contributed by atoms with E-state index in [4.69, 9.17) is 17.3 Å². The topological polar surface area (TPSA) is 70.1 Å². The Bertz CT molecular complexity index is 958. The van der Waals surface area contributed by atoms with Crippen molar-refractivity contribution in [2.75, 3.05) is 0 Å². The number of ketones is 1. The van der Waals surface area contributed by atoms with E-state index in [1.165, 1.54) is 17.3 Å². The van der Waals surface area contributed by atoms with Gasteiger partial charge in [-0.25, -0.2) is 0 Å². The molecular formula is C21H18ClN3OS. The fourth-order valence-electron chi connectivity index (χ4n) is 2.79. The van der Waals surface area contributed by atoms with E-state index in [2.05, 4.69) is 12.6 Å². The highest BCUT2D eigenvalue weighted by Gasteiger charge is 2.35. The summed E-state index contributed by atoms with van der Waals surface area (Å²) in [4.78, 5) is 14.7. The highest BCUT2D eigenvalue weighted by atomic mass is 35.5. The van der Waals surface area contributed by atoms with E-state index in [9.17, 15) is 10.1 Å². The lowest BCUT2D eigenvalue weighted by molar-refractivity contribution is 0.0997. The maximum atomic E-state index is 12.9. The van der Waals surface area contributed by atoms with Crippen LogP contribution < -0.4 is 5.73 Å². The van der Waals surface area contributed by atoms with Crippen LogP contribution in [0.1, 0.15) is 21.5 Å². The summed E-state index contributed by atoms with van der Waals surface area (Å²) in [6.07, 6.45) is 0. The van der Waals surface area contributed by atoms with E-state index in [0.717, 1.165) is 5.56 Å². The van der Waals surface area contributed by atoms with Crippen molar-refractivity contribution in [2.45, 2.75) is 18.7 Å². The van der Waals surface area contributed by atoms with Crippen LogP contribution in [0.4, 0.5) is 0 Å². The molecule has 1 aliphatic rings. The summed E-state index contributed by atoms with van der Waals surface area (Å²) in [5.41, 5.74) is 9.21. The van der Waals surface area contributed by atoms with Crippen LogP contribution in [0.25, 0.3) is 0 Å². The van der Waals surface area contributed by atoms with Gasteiger partial charge in [0, 0.05) is 17.1 Å². The highest BCUT2D eigenvalue weighted by molar-refractivity contribution is 8.04. The Hall–Kier alpha value is -2.68. The molecule has 0 fully saturated rings. The maximum Gasteiger partial charge on any atom is 0.181 e. The summed E-state index contributed by atoms with van der Waals surface area (Å²) in [6.45, 7) is 6.57. The van der Waals surface area contributed by atoms with Gasteiger partial charge in [-0.2, -0.15) is 5.26 Å². The summed E-state index contributed by atoms with van der Waals surface area (Å²) < 4.78 is 0. The normalized spacial score (nSPS) is 17.0. The first kappa shape index (κ1) is 19.1. The lowest BCUT2D eigenvalue weighted by atomic mass is 10.0. The Morgan fingerprint density at radius 2 is 1.89 bits per heavy atom. The number of carbonyl (C=O) groups is 1. The zero-order valence-electron chi connectivity index (χ0n) is 14.8. The molecule has 0 radical (unpaired) electrons. The highest BCUT2D eigenvalue weighted by Crippen LogP contribution is 2.39. The number of thioether (sulfide) groups is 1. The standard InChI is InChI=1S/C21H18ClN3OS/c1-13-3-5-15(6-4-13)12-25-14(2)27-20(18(11-23)21(25)24)19(26)16-7-9-17(22)10-8-16/h3-10,20H,2,12,24H2,1H3. The van der Waals surface area contributed by atoms with Gasteiger partial charge in [-0.05, 0) is 36.8 Å². The number of aryl methyl sites for hydroxylation is 1. The van der Waals surface area contributed by atoms with Gasteiger partial charge in [0.15, 0.2) is 5.78 Å². The molecule has 0 bridgehead atoms. The molecule has 2 aromatic rings. The fraction of sp³-hybridized carbons (Fsp3) is 0.143. The molecule has 1 atom stereocenters. The van der Waals surface area contributed by atoms with Gasteiger partial charge >= 0.3 is 0 Å². The molecule has 1 aliphatic heterocycles. The molecule has 0 aromatic heterocycles. The molecule has 0 spiro atoms. The molecule has 2 N–H and O–H groups in total. The first-order chi connectivity index (χ1) is 12.9. The molecule has 136 valence electrons. The summed E-state index contributed by atoms with van der Waals surface area (Å²) >= 11 is 7.14. The lowest BCUT2D eigenvalue weighted by Crippen LogP contribution is -2.36. The number of nitrogens with two attached hydrogens (primary N) is 1. The molecular weight excluding hydrogens is 378 g/mol. The second kappa shape index (κ2) is 7.91. The fourth-order valence-corrected chi connectivity index (χ4v) is 4.01. The van der Waals surface area contributed by atoms with E-state index >= 15 is 0 Å². The lowest BCUT2D eigenvalue weighted by Gasteiger charge is -2.34. The Balaban J connectivity index is 1.91. The molecule has 3 rings (SSSR count). The summed E-state index contributed by atoms with van der Waals surface area (Å²) in [7, 11) is 0. The summed E-state index contributed by atoms with van der Waals surface area (Å²) in [5.74, 6) is 0.0847. The average molecular weight is 396 g/mol. The van der Waals surface area contributed by atoms with Gasteiger partial charge in [0.05, 0.1) is 10.6 Å². The zero-order valence-corrected chi connectivity index (χ0v) is 16.3. The van der Waals surface area contributed by atoms with Gasteiger partial charge in [0.25, 0.3) is 0 Å².